The molecule has 70 valence electrons. The Morgan fingerprint density at radius 2 is 2.00 bits per heavy atom. The highest BCUT2D eigenvalue weighted by molar-refractivity contribution is 9.10. The first-order valence-corrected chi connectivity index (χ1v) is 4.51. The molecule has 0 aromatic heterocycles. The van der Waals surface area contributed by atoms with Gasteiger partial charge in [-0.2, -0.15) is 0 Å². The van der Waals surface area contributed by atoms with Crippen molar-refractivity contribution in [3.63, 3.8) is 0 Å². The Labute approximate surface area is 85.1 Å². The molecule has 1 N–H and O–H groups in total. The van der Waals surface area contributed by atoms with Gasteiger partial charge in [-0.05, 0) is 18.2 Å². The fourth-order valence-electron chi connectivity index (χ4n) is 0.956. The summed E-state index contributed by atoms with van der Waals surface area (Å²) in [5.74, 6) is -0.913. The number of anilines is 1. The van der Waals surface area contributed by atoms with Crippen LogP contribution in [0.1, 0.15) is 10.4 Å². The lowest BCUT2D eigenvalue weighted by molar-refractivity contribution is 0.0697. The second-order valence-electron chi connectivity index (χ2n) is 2.90. The zero-order valence-corrected chi connectivity index (χ0v) is 9.00. The Morgan fingerprint density at radius 3 is 2.46 bits per heavy atom. The summed E-state index contributed by atoms with van der Waals surface area (Å²) in [4.78, 5) is 12.5. The number of aromatic carboxylic acids is 1. The van der Waals surface area contributed by atoms with Crippen LogP contribution in [0, 0.1) is 0 Å². The number of hydrogen-bond donors (Lipinski definition) is 1. The molecule has 0 aliphatic rings. The van der Waals surface area contributed by atoms with E-state index in [1.54, 1.807) is 12.1 Å². The van der Waals surface area contributed by atoms with Crippen LogP contribution in [-0.2, 0) is 0 Å². The van der Waals surface area contributed by atoms with Gasteiger partial charge in [0.2, 0.25) is 0 Å². The molecule has 0 atom stereocenters. The summed E-state index contributed by atoms with van der Waals surface area (Å²) < 4.78 is 0.774. The molecule has 0 heterocycles. The Kier molecular flexibility index (Phi) is 2.93. The third-order valence-corrected chi connectivity index (χ3v) is 2.10. The molecule has 0 radical (unpaired) electrons. The second kappa shape index (κ2) is 3.79. The number of hydrogen-bond acceptors (Lipinski definition) is 2. The number of carboxylic acids is 1. The van der Waals surface area contributed by atoms with E-state index in [2.05, 4.69) is 15.9 Å². The van der Waals surface area contributed by atoms with Gasteiger partial charge >= 0.3 is 5.97 Å². The van der Waals surface area contributed by atoms with Crippen molar-refractivity contribution >= 4 is 27.6 Å². The predicted molar refractivity (Wildman–Crippen MR) is 55.4 cm³/mol. The lowest BCUT2D eigenvalue weighted by Crippen LogP contribution is -2.09. The van der Waals surface area contributed by atoms with Crippen molar-refractivity contribution in [3.8, 4) is 0 Å². The summed E-state index contributed by atoms with van der Waals surface area (Å²) in [6, 6.07) is 5.08. The molecule has 4 heteroatoms. The SMILES string of the molecule is CN(C)c1cc(Br)cc(C(=O)O)c1. The van der Waals surface area contributed by atoms with Gasteiger partial charge in [-0.1, -0.05) is 15.9 Å². The number of benzene rings is 1. The van der Waals surface area contributed by atoms with E-state index < -0.39 is 5.97 Å². The Morgan fingerprint density at radius 1 is 1.38 bits per heavy atom. The normalized spacial score (nSPS) is 9.77. The quantitative estimate of drug-likeness (QED) is 0.867. The van der Waals surface area contributed by atoms with E-state index in [9.17, 15) is 4.79 Å². The molecule has 0 aliphatic carbocycles. The average Bonchev–Trinajstić information content (AvgIpc) is 2.03. The molecule has 0 aliphatic heterocycles. The molecular weight excluding hydrogens is 234 g/mol. The number of carboxylic acid groups (broad SMARTS) is 1. The standard InChI is InChI=1S/C9H10BrNO2/c1-11(2)8-4-6(9(12)13)3-7(10)5-8/h3-5H,1-2H3,(H,12,13). The Balaban J connectivity index is 3.19. The lowest BCUT2D eigenvalue weighted by atomic mass is 10.2. The van der Waals surface area contributed by atoms with Crippen LogP contribution in [0.4, 0.5) is 5.69 Å². The van der Waals surface area contributed by atoms with Crippen molar-refractivity contribution < 1.29 is 9.90 Å². The van der Waals surface area contributed by atoms with Crippen LogP contribution in [0.15, 0.2) is 22.7 Å². The van der Waals surface area contributed by atoms with Crippen LogP contribution in [0.25, 0.3) is 0 Å². The number of carbonyl (C=O) groups is 1. The molecule has 1 aromatic rings. The molecule has 0 saturated heterocycles. The van der Waals surface area contributed by atoms with Crippen molar-refractivity contribution in [2.75, 3.05) is 19.0 Å². The van der Waals surface area contributed by atoms with Crippen LogP contribution in [0.3, 0.4) is 0 Å². The summed E-state index contributed by atoms with van der Waals surface area (Å²) >= 11 is 3.26. The average molecular weight is 244 g/mol. The summed E-state index contributed by atoms with van der Waals surface area (Å²) in [5, 5.41) is 8.78. The number of nitrogens with zero attached hydrogens (tertiary/aromatic N) is 1. The van der Waals surface area contributed by atoms with Crippen LogP contribution >= 0.6 is 15.9 Å². The maximum Gasteiger partial charge on any atom is 0.335 e. The van der Waals surface area contributed by atoms with Crippen molar-refractivity contribution in [1.82, 2.24) is 0 Å². The van der Waals surface area contributed by atoms with E-state index in [4.69, 9.17) is 5.11 Å². The fourth-order valence-corrected chi connectivity index (χ4v) is 1.44. The second-order valence-corrected chi connectivity index (χ2v) is 3.81. The van der Waals surface area contributed by atoms with Crippen molar-refractivity contribution in [3.05, 3.63) is 28.2 Å². The van der Waals surface area contributed by atoms with Gasteiger partial charge in [0.25, 0.3) is 0 Å². The number of rotatable bonds is 2. The maximum atomic E-state index is 10.7. The first-order chi connectivity index (χ1) is 6.00. The van der Waals surface area contributed by atoms with Crippen LogP contribution in [-0.4, -0.2) is 25.2 Å². The molecule has 13 heavy (non-hydrogen) atoms. The van der Waals surface area contributed by atoms with Gasteiger partial charge in [0.05, 0.1) is 5.56 Å². The van der Waals surface area contributed by atoms with E-state index in [0.717, 1.165) is 10.2 Å². The van der Waals surface area contributed by atoms with E-state index in [1.165, 1.54) is 0 Å². The molecule has 0 amide bonds. The van der Waals surface area contributed by atoms with Gasteiger partial charge < -0.3 is 10.0 Å². The third kappa shape index (κ3) is 2.45. The van der Waals surface area contributed by atoms with Gasteiger partial charge in [-0.25, -0.2) is 4.79 Å². The molecule has 0 saturated carbocycles. The van der Waals surface area contributed by atoms with Gasteiger partial charge in [-0.3, -0.25) is 0 Å². The molecule has 1 rings (SSSR count). The first-order valence-electron chi connectivity index (χ1n) is 3.72. The fraction of sp³-hybridized carbons (Fsp3) is 0.222. The van der Waals surface area contributed by atoms with Crippen LogP contribution < -0.4 is 4.90 Å². The van der Waals surface area contributed by atoms with Gasteiger partial charge in [-0.15, -0.1) is 0 Å². The minimum atomic E-state index is -0.913. The first kappa shape index (κ1) is 10.1. The van der Waals surface area contributed by atoms with Gasteiger partial charge in [0, 0.05) is 24.3 Å². The monoisotopic (exact) mass is 243 g/mol. The van der Waals surface area contributed by atoms with Crippen molar-refractivity contribution in [2.45, 2.75) is 0 Å². The smallest absolute Gasteiger partial charge is 0.335 e. The summed E-state index contributed by atoms with van der Waals surface area (Å²) in [5.41, 5.74) is 1.16. The molecule has 0 unspecified atom stereocenters. The Bertz CT molecular complexity index is 336. The third-order valence-electron chi connectivity index (χ3n) is 1.65. The summed E-state index contributed by atoms with van der Waals surface area (Å²) in [7, 11) is 3.74. The van der Waals surface area contributed by atoms with Crippen molar-refractivity contribution in [2.24, 2.45) is 0 Å². The predicted octanol–water partition coefficient (Wildman–Crippen LogP) is 2.21. The minimum absolute atomic E-state index is 0.290. The van der Waals surface area contributed by atoms with Crippen LogP contribution in [0.5, 0.6) is 0 Å². The van der Waals surface area contributed by atoms with Gasteiger partial charge in [0.1, 0.15) is 0 Å². The van der Waals surface area contributed by atoms with E-state index in [0.29, 0.717) is 0 Å². The number of halogens is 1. The maximum absolute atomic E-state index is 10.7. The molecule has 0 fully saturated rings. The summed E-state index contributed by atoms with van der Waals surface area (Å²) in [6.07, 6.45) is 0. The lowest BCUT2D eigenvalue weighted by Gasteiger charge is -2.13. The van der Waals surface area contributed by atoms with E-state index in [-0.39, 0.29) is 5.56 Å². The molecule has 0 bridgehead atoms. The topological polar surface area (TPSA) is 40.5 Å². The van der Waals surface area contributed by atoms with Gasteiger partial charge in [0.15, 0.2) is 0 Å². The van der Waals surface area contributed by atoms with E-state index >= 15 is 0 Å². The van der Waals surface area contributed by atoms with Crippen LogP contribution in [0.2, 0.25) is 0 Å². The molecule has 0 spiro atoms. The highest BCUT2D eigenvalue weighted by Gasteiger charge is 2.06. The molecular formula is C9H10BrNO2. The minimum Gasteiger partial charge on any atom is -0.478 e. The molecule has 3 nitrogen and oxygen atoms in total. The van der Waals surface area contributed by atoms with Crippen molar-refractivity contribution in [1.29, 1.82) is 0 Å². The zero-order valence-electron chi connectivity index (χ0n) is 7.41. The molecule has 1 aromatic carbocycles. The summed E-state index contributed by atoms with van der Waals surface area (Å²) in [6.45, 7) is 0. The Hall–Kier alpha value is -1.03. The highest BCUT2D eigenvalue weighted by Crippen LogP contribution is 2.21. The largest absolute Gasteiger partial charge is 0.478 e. The van der Waals surface area contributed by atoms with E-state index in [1.807, 2.05) is 25.1 Å². The highest BCUT2D eigenvalue weighted by atomic mass is 79.9. The zero-order chi connectivity index (χ0) is 10.0.